The third kappa shape index (κ3) is 3.09. The number of amides is 1. The fourth-order valence-electron chi connectivity index (χ4n) is 2.50. The Labute approximate surface area is 128 Å². The lowest BCUT2D eigenvalue weighted by molar-refractivity contribution is -0.0251. The van der Waals surface area contributed by atoms with Crippen molar-refractivity contribution in [2.45, 2.75) is 20.0 Å². The minimum atomic E-state index is -0.241. The lowest BCUT2D eigenvalue weighted by atomic mass is 10.1. The van der Waals surface area contributed by atoms with E-state index in [1.165, 1.54) is 0 Å². The van der Waals surface area contributed by atoms with E-state index in [9.17, 15) is 4.79 Å². The Hall–Kier alpha value is -2.41. The molecule has 1 aliphatic heterocycles. The number of carbonyl (C=O) groups is 1. The molecule has 0 radical (unpaired) electrons. The van der Waals surface area contributed by atoms with Crippen molar-refractivity contribution >= 4 is 5.91 Å². The van der Waals surface area contributed by atoms with Crippen LogP contribution in [0.25, 0.3) is 0 Å². The molecule has 0 N–H and O–H groups in total. The van der Waals surface area contributed by atoms with Crippen LogP contribution in [0, 0.1) is 13.8 Å². The lowest BCUT2D eigenvalue weighted by Gasteiger charge is -2.32. The van der Waals surface area contributed by atoms with Crippen molar-refractivity contribution in [2.24, 2.45) is 0 Å². The van der Waals surface area contributed by atoms with Gasteiger partial charge in [-0.3, -0.25) is 4.79 Å². The smallest absolute Gasteiger partial charge is 0.274 e. The van der Waals surface area contributed by atoms with Gasteiger partial charge in [-0.1, -0.05) is 0 Å². The summed E-state index contributed by atoms with van der Waals surface area (Å²) in [6.45, 7) is 5.23. The predicted octanol–water partition coefficient (Wildman–Crippen LogP) is 1.10. The number of ether oxygens (including phenoxy) is 1. The summed E-state index contributed by atoms with van der Waals surface area (Å²) in [5, 5.41) is 7.62. The summed E-state index contributed by atoms with van der Waals surface area (Å²) in [6.07, 6.45) is 1.31. The average molecular weight is 299 g/mol. The summed E-state index contributed by atoms with van der Waals surface area (Å²) in [6, 6.07) is 5.27. The van der Waals surface area contributed by atoms with E-state index in [1.54, 1.807) is 23.2 Å². The maximum atomic E-state index is 12.4. The molecular formula is C15H17N5O2. The van der Waals surface area contributed by atoms with Gasteiger partial charge >= 0.3 is 0 Å². The van der Waals surface area contributed by atoms with Crippen molar-refractivity contribution in [2.75, 3.05) is 19.7 Å². The van der Waals surface area contributed by atoms with Gasteiger partial charge in [0, 0.05) is 18.4 Å². The summed E-state index contributed by atoms with van der Waals surface area (Å²) in [5.74, 6) is 0.569. The molecule has 0 saturated carbocycles. The average Bonchev–Trinajstić information content (AvgIpc) is 2.54. The molecule has 114 valence electrons. The van der Waals surface area contributed by atoms with Crippen LogP contribution < -0.4 is 0 Å². The van der Waals surface area contributed by atoms with E-state index in [4.69, 9.17) is 4.74 Å². The Morgan fingerprint density at radius 3 is 2.95 bits per heavy atom. The number of morpholine rings is 1. The minimum absolute atomic E-state index is 0.135. The highest BCUT2D eigenvalue weighted by Gasteiger charge is 2.28. The molecule has 1 aliphatic rings. The zero-order valence-electron chi connectivity index (χ0n) is 12.6. The number of nitrogens with zero attached hydrogens (tertiary/aromatic N) is 5. The number of carbonyl (C=O) groups excluding carboxylic acids is 1. The van der Waals surface area contributed by atoms with Gasteiger partial charge in [0.05, 0.1) is 18.8 Å². The second kappa shape index (κ2) is 6.15. The first-order valence-corrected chi connectivity index (χ1v) is 7.14. The van der Waals surface area contributed by atoms with Gasteiger partial charge in [0.2, 0.25) is 0 Å². The van der Waals surface area contributed by atoms with Crippen LogP contribution in [0.3, 0.4) is 0 Å². The maximum absolute atomic E-state index is 12.4. The molecule has 1 fully saturated rings. The first-order valence-electron chi connectivity index (χ1n) is 7.14. The van der Waals surface area contributed by atoms with Gasteiger partial charge < -0.3 is 9.64 Å². The molecule has 0 spiro atoms. The fraction of sp³-hybridized carbons (Fsp3) is 0.400. The Balaban J connectivity index is 1.78. The van der Waals surface area contributed by atoms with Crippen LogP contribution in [-0.2, 0) is 4.74 Å². The summed E-state index contributed by atoms with van der Waals surface area (Å²) < 4.78 is 5.77. The topological polar surface area (TPSA) is 81.1 Å². The van der Waals surface area contributed by atoms with E-state index >= 15 is 0 Å². The fourth-order valence-corrected chi connectivity index (χ4v) is 2.50. The van der Waals surface area contributed by atoms with Crippen molar-refractivity contribution in [3.05, 3.63) is 47.3 Å². The Bertz CT molecular complexity index is 657. The van der Waals surface area contributed by atoms with E-state index in [0.717, 1.165) is 11.4 Å². The van der Waals surface area contributed by atoms with Gasteiger partial charge in [-0.2, -0.15) is 5.10 Å². The van der Waals surface area contributed by atoms with Crippen LogP contribution in [0.5, 0.6) is 0 Å². The van der Waals surface area contributed by atoms with E-state index in [0.29, 0.717) is 31.2 Å². The molecule has 2 aromatic rings. The molecule has 0 bridgehead atoms. The van der Waals surface area contributed by atoms with Crippen LogP contribution >= 0.6 is 0 Å². The highest BCUT2D eigenvalue weighted by molar-refractivity contribution is 5.92. The molecule has 0 aliphatic carbocycles. The summed E-state index contributed by atoms with van der Waals surface area (Å²) >= 11 is 0. The Morgan fingerprint density at radius 1 is 1.36 bits per heavy atom. The first-order chi connectivity index (χ1) is 10.6. The van der Waals surface area contributed by atoms with E-state index in [2.05, 4.69) is 20.2 Å². The standard InChI is InChI=1S/C15H17N5O2/c1-10-8-13(18-11(2)17-10)14-9-20(6-7-22-14)15(21)12-4-3-5-16-19-12/h3-5,8,14H,6-7,9H2,1-2H3/t14-/m1/s1. The van der Waals surface area contributed by atoms with E-state index in [-0.39, 0.29) is 12.0 Å². The molecule has 0 unspecified atom stereocenters. The van der Waals surface area contributed by atoms with Crippen LogP contribution in [0.4, 0.5) is 0 Å². The number of hydrogen-bond donors (Lipinski definition) is 0. The van der Waals surface area contributed by atoms with Crippen LogP contribution in [0.2, 0.25) is 0 Å². The molecule has 0 aromatic carbocycles. The SMILES string of the molecule is Cc1cc([C@H]2CN(C(=O)c3cccnn3)CCO2)nc(C)n1. The second-order valence-corrected chi connectivity index (χ2v) is 5.20. The number of hydrogen-bond acceptors (Lipinski definition) is 6. The van der Waals surface area contributed by atoms with Gasteiger partial charge in [0.15, 0.2) is 5.69 Å². The van der Waals surface area contributed by atoms with Gasteiger partial charge in [-0.25, -0.2) is 9.97 Å². The van der Waals surface area contributed by atoms with Crippen molar-refractivity contribution in [3.8, 4) is 0 Å². The molecular weight excluding hydrogens is 282 g/mol. The number of rotatable bonds is 2. The summed E-state index contributed by atoms with van der Waals surface area (Å²) in [5.41, 5.74) is 2.04. The zero-order chi connectivity index (χ0) is 15.5. The van der Waals surface area contributed by atoms with Gasteiger partial charge in [-0.15, -0.1) is 5.10 Å². The van der Waals surface area contributed by atoms with Gasteiger partial charge in [-0.05, 0) is 32.0 Å². The van der Waals surface area contributed by atoms with Gasteiger partial charge in [0.1, 0.15) is 11.9 Å². The number of aromatic nitrogens is 4. The third-order valence-electron chi connectivity index (χ3n) is 3.46. The zero-order valence-corrected chi connectivity index (χ0v) is 12.6. The first kappa shape index (κ1) is 14.5. The Morgan fingerprint density at radius 2 is 2.23 bits per heavy atom. The molecule has 7 nitrogen and oxygen atoms in total. The van der Waals surface area contributed by atoms with Gasteiger partial charge in [0.25, 0.3) is 5.91 Å². The van der Waals surface area contributed by atoms with Crippen LogP contribution in [-0.4, -0.2) is 50.7 Å². The normalized spacial score (nSPS) is 18.3. The monoisotopic (exact) mass is 299 g/mol. The van der Waals surface area contributed by atoms with Crippen molar-refractivity contribution in [1.82, 2.24) is 25.1 Å². The molecule has 1 saturated heterocycles. The molecule has 3 rings (SSSR count). The lowest BCUT2D eigenvalue weighted by Crippen LogP contribution is -2.42. The number of aryl methyl sites for hydroxylation is 2. The van der Waals surface area contributed by atoms with E-state index in [1.807, 2.05) is 19.9 Å². The molecule has 1 amide bonds. The molecule has 22 heavy (non-hydrogen) atoms. The van der Waals surface area contributed by atoms with Crippen molar-refractivity contribution < 1.29 is 9.53 Å². The predicted molar refractivity (Wildman–Crippen MR) is 78.1 cm³/mol. The molecule has 3 heterocycles. The highest BCUT2D eigenvalue weighted by Crippen LogP contribution is 2.22. The quantitative estimate of drug-likeness (QED) is 0.826. The Kier molecular flexibility index (Phi) is 4.06. The highest BCUT2D eigenvalue weighted by atomic mass is 16.5. The third-order valence-corrected chi connectivity index (χ3v) is 3.46. The molecule has 7 heteroatoms. The van der Waals surface area contributed by atoms with E-state index < -0.39 is 0 Å². The molecule has 2 aromatic heterocycles. The maximum Gasteiger partial charge on any atom is 0.274 e. The molecule has 1 atom stereocenters. The largest absolute Gasteiger partial charge is 0.368 e. The van der Waals surface area contributed by atoms with Crippen molar-refractivity contribution in [1.29, 1.82) is 0 Å². The van der Waals surface area contributed by atoms with Crippen LogP contribution in [0.15, 0.2) is 24.4 Å². The van der Waals surface area contributed by atoms with Crippen LogP contribution in [0.1, 0.15) is 33.8 Å². The van der Waals surface area contributed by atoms with Crippen molar-refractivity contribution in [3.63, 3.8) is 0 Å². The second-order valence-electron chi connectivity index (χ2n) is 5.20. The summed E-state index contributed by atoms with van der Waals surface area (Å²) in [7, 11) is 0. The summed E-state index contributed by atoms with van der Waals surface area (Å²) in [4.78, 5) is 22.9. The minimum Gasteiger partial charge on any atom is -0.368 e.